The van der Waals surface area contributed by atoms with E-state index in [0.29, 0.717) is 11.8 Å². The van der Waals surface area contributed by atoms with Gasteiger partial charge in [0.1, 0.15) is 12.4 Å². The van der Waals surface area contributed by atoms with Crippen molar-refractivity contribution in [2.45, 2.75) is 12.7 Å². The molecule has 0 radical (unpaired) electrons. The van der Waals surface area contributed by atoms with Crippen molar-refractivity contribution in [2.24, 2.45) is 15.9 Å². The van der Waals surface area contributed by atoms with E-state index in [9.17, 15) is 0 Å². The Morgan fingerprint density at radius 1 is 1.03 bits per heavy atom. The van der Waals surface area contributed by atoms with Gasteiger partial charge in [0, 0.05) is 44.0 Å². The molecule has 0 aliphatic carbocycles. The van der Waals surface area contributed by atoms with Gasteiger partial charge in [0.15, 0.2) is 5.17 Å². The van der Waals surface area contributed by atoms with Gasteiger partial charge in [-0.25, -0.2) is 0 Å². The first-order valence-corrected chi connectivity index (χ1v) is 11.4. The van der Waals surface area contributed by atoms with E-state index in [1.807, 2.05) is 42.5 Å². The summed E-state index contributed by atoms with van der Waals surface area (Å²) in [5.74, 6) is 1.59. The summed E-state index contributed by atoms with van der Waals surface area (Å²) in [6.45, 7) is 9.44. The summed E-state index contributed by atoms with van der Waals surface area (Å²) in [6, 6.07) is 18.1. The summed E-state index contributed by atoms with van der Waals surface area (Å²) in [7, 11) is 0. The molecule has 0 amide bonds. The molecule has 0 atom stereocenters. The highest BCUT2D eigenvalue weighted by Crippen LogP contribution is 2.16. The normalized spacial score (nSPS) is 16.2. The van der Waals surface area contributed by atoms with Gasteiger partial charge in [-0.1, -0.05) is 61.2 Å². The third kappa shape index (κ3) is 7.48. The lowest BCUT2D eigenvalue weighted by molar-refractivity contribution is 0.121. The van der Waals surface area contributed by atoms with Crippen LogP contribution in [0.4, 0.5) is 0 Å². The molecule has 7 heteroatoms. The number of piperazine rings is 1. The predicted octanol–water partition coefficient (Wildman–Crippen LogP) is 3.28. The third-order valence-electron chi connectivity index (χ3n) is 5.08. The summed E-state index contributed by atoms with van der Waals surface area (Å²) < 4.78 is 6.02. The number of para-hydroxylation sites is 1. The Labute approximate surface area is 183 Å². The van der Waals surface area contributed by atoms with Gasteiger partial charge in [0.05, 0.1) is 6.21 Å². The van der Waals surface area contributed by atoms with E-state index in [0.717, 1.165) is 56.3 Å². The van der Waals surface area contributed by atoms with E-state index < -0.39 is 0 Å². The van der Waals surface area contributed by atoms with Gasteiger partial charge >= 0.3 is 0 Å². The van der Waals surface area contributed by atoms with Gasteiger partial charge in [-0.2, -0.15) is 5.10 Å². The van der Waals surface area contributed by atoms with Crippen molar-refractivity contribution in [1.29, 1.82) is 0 Å². The van der Waals surface area contributed by atoms with Crippen LogP contribution in [0.15, 0.2) is 64.8 Å². The van der Waals surface area contributed by atoms with Crippen LogP contribution >= 0.6 is 11.8 Å². The first kappa shape index (κ1) is 22.3. The predicted molar refractivity (Wildman–Crippen MR) is 127 cm³/mol. The Bertz CT molecular complexity index is 819. The van der Waals surface area contributed by atoms with Crippen molar-refractivity contribution in [3.05, 3.63) is 65.7 Å². The summed E-state index contributed by atoms with van der Waals surface area (Å²) in [5.41, 5.74) is 8.07. The van der Waals surface area contributed by atoms with Crippen molar-refractivity contribution in [3.8, 4) is 5.75 Å². The van der Waals surface area contributed by atoms with Crippen LogP contribution in [0.1, 0.15) is 18.1 Å². The zero-order valence-corrected chi connectivity index (χ0v) is 18.4. The fourth-order valence-corrected chi connectivity index (χ4v) is 3.85. The molecule has 1 fully saturated rings. The molecular weight excluding hydrogens is 394 g/mol. The Morgan fingerprint density at radius 2 is 1.73 bits per heavy atom. The van der Waals surface area contributed by atoms with Crippen molar-refractivity contribution in [1.82, 2.24) is 9.80 Å². The number of nitrogens with two attached hydrogens (primary N) is 1. The number of ether oxygens (including phenoxy) is 1. The molecule has 0 spiro atoms. The second-order valence-corrected chi connectivity index (χ2v) is 8.11. The molecule has 0 saturated carbocycles. The summed E-state index contributed by atoms with van der Waals surface area (Å²) in [6.07, 6.45) is 1.70. The van der Waals surface area contributed by atoms with Crippen LogP contribution in [0.2, 0.25) is 0 Å². The van der Waals surface area contributed by atoms with E-state index >= 15 is 0 Å². The topological polar surface area (TPSA) is 66.5 Å². The number of amidine groups is 1. The van der Waals surface area contributed by atoms with Crippen molar-refractivity contribution in [3.63, 3.8) is 0 Å². The first-order chi connectivity index (χ1) is 14.7. The summed E-state index contributed by atoms with van der Waals surface area (Å²) >= 11 is 1.47. The van der Waals surface area contributed by atoms with Gasteiger partial charge in [-0.05, 0) is 24.2 Å². The van der Waals surface area contributed by atoms with Gasteiger partial charge in [-0.15, -0.1) is 5.10 Å². The molecule has 2 aromatic carbocycles. The van der Waals surface area contributed by atoms with E-state index in [4.69, 9.17) is 10.5 Å². The molecule has 2 N–H and O–H groups in total. The van der Waals surface area contributed by atoms with Crippen LogP contribution in [-0.2, 0) is 5.75 Å². The minimum Gasteiger partial charge on any atom is -0.492 e. The second kappa shape index (κ2) is 12.4. The van der Waals surface area contributed by atoms with Crippen LogP contribution in [0.3, 0.4) is 0 Å². The lowest BCUT2D eigenvalue weighted by Crippen LogP contribution is -2.47. The van der Waals surface area contributed by atoms with Crippen LogP contribution < -0.4 is 10.5 Å². The van der Waals surface area contributed by atoms with Crippen molar-refractivity contribution < 1.29 is 4.74 Å². The number of nitrogens with zero attached hydrogens (tertiary/aromatic N) is 4. The molecule has 0 aromatic heterocycles. The summed E-state index contributed by atoms with van der Waals surface area (Å²) in [4.78, 5) is 4.94. The van der Waals surface area contributed by atoms with Gasteiger partial charge in [0.2, 0.25) is 0 Å². The highest BCUT2D eigenvalue weighted by Gasteiger charge is 2.15. The average Bonchev–Trinajstić information content (AvgIpc) is 2.80. The number of thioether (sulfide) groups is 1. The number of rotatable bonds is 9. The molecule has 1 aliphatic rings. The quantitative estimate of drug-likeness (QED) is 0.379. The molecule has 1 saturated heterocycles. The third-order valence-corrected chi connectivity index (χ3v) is 5.93. The monoisotopic (exact) mass is 425 g/mol. The number of likely N-dealkylation sites (N-methyl/N-ethyl adjacent to an activating group) is 1. The Hall–Kier alpha value is -2.35. The molecule has 1 aliphatic heterocycles. The van der Waals surface area contributed by atoms with Crippen LogP contribution in [-0.4, -0.2) is 67.1 Å². The fourth-order valence-electron chi connectivity index (χ4n) is 3.24. The maximum atomic E-state index is 6.02. The highest BCUT2D eigenvalue weighted by atomic mass is 32.2. The fraction of sp³-hybridized carbons (Fsp3) is 0.391. The van der Waals surface area contributed by atoms with Crippen molar-refractivity contribution >= 4 is 23.1 Å². The maximum Gasteiger partial charge on any atom is 0.180 e. The number of benzene rings is 2. The van der Waals surface area contributed by atoms with E-state index in [2.05, 4.69) is 39.1 Å². The van der Waals surface area contributed by atoms with Gasteiger partial charge < -0.3 is 15.4 Å². The smallest absolute Gasteiger partial charge is 0.180 e. The Morgan fingerprint density at radius 3 is 2.50 bits per heavy atom. The molecule has 0 bridgehead atoms. The van der Waals surface area contributed by atoms with E-state index in [1.54, 1.807) is 6.21 Å². The first-order valence-electron chi connectivity index (χ1n) is 10.4. The molecule has 160 valence electrons. The van der Waals surface area contributed by atoms with E-state index in [-0.39, 0.29) is 0 Å². The van der Waals surface area contributed by atoms with Gasteiger partial charge in [-0.3, -0.25) is 4.90 Å². The zero-order chi connectivity index (χ0) is 21.0. The SMILES string of the molecule is CCN1CCN(CCOc2ccccc2C=NN=C(N)SCc2ccccc2)CC1. The second-order valence-electron chi connectivity index (χ2n) is 7.12. The highest BCUT2D eigenvalue weighted by molar-refractivity contribution is 8.13. The lowest BCUT2D eigenvalue weighted by atomic mass is 10.2. The molecule has 0 unspecified atom stereocenters. The largest absolute Gasteiger partial charge is 0.492 e. The number of hydrogen-bond acceptors (Lipinski definition) is 6. The van der Waals surface area contributed by atoms with Crippen LogP contribution in [0, 0.1) is 0 Å². The zero-order valence-electron chi connectivity index (χ0n) is 17.6. The minimum atomic E-state index is 0.444. The maximum absolute atomic E-state index is 6.02. The molecule has 1 heterocycles. The summed E-state index contributed by atoms with van der Waals surface area (Å²) in [5, 5.41) is 8.70. The lowest BCUT2D eigenvalue weighted by Gasteiger charge is -2.33. The molecule has 30 heavy (non-hydrogen) atoms. The average molecular weight is 426 g/mol. The van der Waals surface area contributed by atoms with Crippen molar-refractivity contribution in [2.75, 3.05) is 45.9 Å². The molecular formula is C23H31N5OS. The van der Waals surface area contributed by atoms with Crippen LogP contribution in [0.5, 0.6) is 5.75 Å². The Balaban J connectivity index is 1.46. The molecule has 2 aromatic rings. The van der Waals surface area contributed by atoms with Gasteiger partial charge in [0.25, 0.3) is 0 Å². The van der Waals surface area contributed by atoms with Crippen LogP contribution in [0.25, 0.3) is 0 Å². The standard InChI is InChI=1S/C23H31N5OS/c1-2-27-12-14-28(15-13-27)16-17-29-22-11-7-6-10-21(22)18-25-26-23(24)30-19-20-8-4-3-5-9-20/h3-11,18H,2,12-17,19H2,1H3,(H2,24,26). The molecule has 6 nitrogen and oxygen atoms in total. The minimum absolute atomic E-state index is 0.444. The number of hydrogen-bond donors (Lipinski definition) is 1. The Kier molecular flexibility index (Phi) is 9.21. The van der Waals surface area contributed by atoms with E-state index in [1.165, 1.54) is 17.3 Å². The molecule has 3 rings (SSSR count).